The standard InChI is InChI=1S/C16H23F2N3O/c1-11(14-7-6-12(17)9-15(14)18)19-16(22)21-8-4-5-13(10-21)20(2)3/h6-7,9,11,13H,4-5,8,10H2,1-3H3,(H,19,22). The van der Waals surface area contributed by atoms with Crippen LogP contribution in [0.3, 0.4) is 0 Å². The summed E-state index contributed by atoms with van der Waals surface area (Å²) >= 11 is 0. The number of nitrogens with zero attached hydrogens (tertiary/aromatic N) is 2. The fourth-order valence-electron chi connectivity index (χ4n) is 2.77. The van der Waals surface area contributed by atoms with E-state index < -0.39 is 17.7 Å². The molecule has 1 aliphatic heterocycles. The van der Waals surface area contributed by atoms with Crippen LogP contribution >= 0.6 is 0 Å². The summed E-state index contributed by atoms with van der Waals surface area (Å²) < 4.78 is 26.7. The highest BCUT2D eigenvalue weighted by atomic mass is 19.1. The number of likely N-dealkylation sites (N-methyl/N-ethyl adjacent to an activating group) is 1. The van der Waals surface area contributed by atoms with E-state index in [1.165, 1.54) is 12.1 Å². The van der Waals surface area contributed by atoms with Gasteiger partial charge in [0.15, 0.2) is 0 Å². The summed E-state index contributed by atoms with van der Waals surface area (Å²) in [7, 11) is 4.01. The number of urea groups is 1. The number of hydrogen-bond donors (Lipinski definition) is 1. The fourth-order valence-corrected chi connectivity index (χ4v) is 2.77. The van der Waals surface area contributed by atoms with E-state index in [1.807, 2.05) is 14.1 Å². The lowest BCUT2D eigenvalue weighted by Gasteiger charge is -2.36. The molecule has 0 bridgehead atoms. The second kappa shape index (κ2) is 7.05. The van der Waals surface area contributed by atoms with E-state index in [-0.39, 0.29) is 11.6 Å². The zero-order chi connectivity index (χ0) is 16.3. The Morgan fingerprint density at radius 3 is 2.77 bits per heavy atom. The molecule has 0 radical (unpaired) electrons. The molecule has 1 aliphatic rings. The maximum Gasteiger partial charge on any atom is 0.317 e. The molecule has 4 nitrogen and oxygen atoms in total. The van der Waals surface area contributed by atoms with Gasteiger partial charge < -0.3 is 15.1 Å². The van der Waals surface area contributed by atoms with Gasteiger partial charge in [-0.3, -0.25) is 0 Å². The number of carbonyl (C=O) groups is 1. The number of halogens is 2. The second-order valence-electron chi connectivity index (χ2n) is 6.04. The Balaban J connectivity index is 1.98. The van der Waals surface area contributed by atoms with Crippen LogP contribution in [0.5, 0.6) is 0 Å². The molecule has 0 spiro atoms. The third-order valence-electron chi connectivity index (χ3n) is 4.18. The molecule has 1 heterocycles. The molecule has 1 aromatic rings. The summed E-state index contributed by atoms with van der Waals surface area (Å²) in [6.07, 6.45) is 2.02. The molecule has 2 rings (SSSR count). The molecular weight excluding hydrogens is 288 g/mol. The molecule has 1 fully saturated rings. The van der Waals surface area contributed by atoms with Crippen LogP contribution < -0.4 is 5.32 Å². The summed E-state index contributed by atoms with van der Waals surface area (Å²) in [6, 6.07) is 3.03. The number of carbonyl (C=O) groups excluding carboxylic acids is 1. The van der Waals surface area contributed by atoms with E-state index in [2.05, 4.69) is 10.2 Å². The number of nitrogens with one attached hydrogen (secondary N) is 1. The molecule has 2 atom stereocenters. The Hall–Kier alpha value is -1.69. The Morgan fingerprint density at radius 2 is 2.14 bits per heavy atom. The van der Waals surface area contributed by atoms with E-state index in [0.29, 0.717) is 19.1 Å². The highest BCUT2D eigenvalue weighted by Crippen LogP contribution is 2.19. The molecule has 1 saturated heterocycles. The maximum atomic E-state index is 13.7. The molecule has 1 N–H and O–H groups in total. The normalized spacial score (nSPS) is 20.1. The summed E-state index contributed by atoms with van der Waals surface area (Å²) in [5, 5.41) is 2.79. The molecule has 122 valence electrons. The van der Waals surface area contributed by atoms with Gasteiger partial charge >= 0.3 is 6.03 Å². The van der Waals surface area contributed by atoms with Crippen molar-refractivity contribution in [2.45, 2.75) is 31.8 Å². The minimum atomic E-state index is -0.641. The molecule has 0 saturated carbocycles. The van der Waals surface area contributed by atoms with Crippen molar-refractivity contribution in [1.29, 1.82) is 0 Å². The van der Waals surface area contributed by atoms with Crippen molar-refractivity contribution in [2.75, 3.05) is 27.2 Å². The Labute approximate surface area is 130 Å². The van der Waals surface area contributed by atoms with Crippen LogP contribution in [0.1, 0.15) is 31.4 Å². The molecule has 6 heteroatoms. The van der Waals surface area contributed by atoms with Gasteiger partial charge in [0.25, 0.3) is 0 Å². The first-order valence-corrected chi connectivity index (χ1v) is 7.55. The maximum absolute atomic E-state index is 13.7. The first-order chi connectivity index (χ1) is 10.4. The van der Waals surface area contributed by atoms with Crippen molar-refractivity contribution in [3.8, 4) is 0 Å². The van der Waals surface area contributed by atoms with Crippen LogP contribution in [0.15, 0.2) is 18.2 Å². The van der Waals surface area contributed by atoms with E-state index in [1.54, 1.807) is 11.8 Å². The van der Waals surface area contributed by atoms with Crippen molar-refractivity contribution in [3.63, 3.8) is 0 Å². The zero-order valence-electron chi connectivity index (χ0n) is 13.3. The predicted molar refractivity (Wildman–Crippen MR) is 81.6 cm³/mol. The van der Waals surface area contributed by atoms with Crippen LogP contribution in [0.2, 0.25) is 0 Å². The zero-order valence-corrected chi connectivity index (χ0v) is 13.3. The van der Waals surface area contributed by atoms with E-state index in [4.69, 9.17) is 0 Å². The van der Waals surface area contributed by atoms with Crippen molar-refractivity contribution in [3.05, 3.63) is 35.4 Å². The van der Waals surface area contributed by atoms with Gasteiger partial charge in [-0.05, 0) is 39.9 Å². The number of hydrogen-bond acceptors (Lipinski definition) is 2. The van der Waals surface area contributed by atoms with Crippen LogP contribution in [0.25, 0.3) is 0 Å². The first-order valence-electron chi connectivity index (χ1n) is 7.55. The quantitative estimate of drug-likeness (QED) is 0.932. The Bertz CT molecular complexity index is 536. The molecule has 2 amide bonds. The number of piperidine rings is 1. The van der Waals surface area contributed by atoms with Crippen LogP contribution in [0, 0.1) is 11.6 Å². The second-order valence-corrected chi connectivity index (χ2v) is 6.04. The Kier molecular flexibility index (Phi) is 5.34. The summed E-state index contributed by atoms with van der Waals surface area (Å²) in [5.41, 5.74) is 0.288. The Morgan fingerprint density at radius 1 is 1.41 bits per heavy atom. The van der Waals surface area contributed by atoms with Crippen molar-refractivity contribution >= 4 is 6.03 Å². The molecule has 22 heavy (non-hydrogen) atoms. The van der Waals surface area contributed by atoms with Gasteiger partial charge in [-0.2, -0.15) is 0 Å². The topological polar surface area (TPSA) is 35.6 Å². The lowest BCUT2D eigenvalue weighted by atomic mass is 10.0. The van der Waals surface area contributed by atoms with E-state index >= 15 is 0 Å². The lowest BCUT2D eigenvalue weighted by molar-refractivity contribution is 0.138. The average Bonchev–Trinajstić information content (AvgIpc) is 2.47. The summed E-state index contributed by atoms with van der Waals surface area (Å²) in [5.74, 6) is -1.26. The van der Waals surface area contributed by atoms with Gasteiger partial charge in [0.05, 0.1) is 6.04 Å². The molecule has 0 aromatic heterocycles. The third kappa shape index (κ3) is 3.94. The largest absolute Gasteiger partial charge is 0.331 e. The van der Waals surface area contributed by atoms with Gasteiger partial charge in [0, 0.05) is 30.8 Å². The molecular formula is C16H23F2N3O. The smallest absolute Gasteiger partial charge is 0.317 e. The highest BCUT2D eigenvalue weighted by Gasteiger charge is 2.26. The average molecular weight is 311 g/mol. The fraction of sp³-hybridized carbons (Fsp3) is 0.562. The minimum Gasteiger partial charge on any atom is -0.331 e. The van der Waals surface area contributed by atoms with Crippen LogP contribution in [-0.2, 0) is 0 Å². The van der Waals surface area contributed by atoms with E-state index in [0.717, 1.165) is 18.9 Å². The molecule has 1 aromatic carbocycles. The SMILES string of the molecule is CC(NC(=O)N1CCCC(N(C)C)C1)c1ccc(F)cc1F. The summed E-state index contributed by atoms with van der Waals surface area (Å²) in [6.45, 7) is 3.06. The van der Waals surface area contributed by atoms with Crippen molar-refractivity contribution < 1.29 is 13.6 Å². The van der Waals surface area contributed by atoms with Gasteiger partial charge in [-0.1, -0.05) is 6.07 Å². The number of rotatable bonds is 3. The third-order valence-corrected chi connectivity index (χ3v) is 4.18. The first kappa shape index (κ1) is 16.7. The van der Waals surface area contributed by atoms with Crippen LogP contribution in [0.4, 0.5) is 13.6 Å². The summed E-state index contributed by atoms with van der Waals surface area (Å²) in [4.78, 5) is 16.2. The van der Waals surface area contributed by atoms with Gasteiger partial charge in [-0.25, -0.2) is 13.6 Å². The van der Waals surface area contributed by atoms with Crippen molar-refractivity contribution in [2.24, 2.45) is 0 Å². The highest BCUT2D eigenvalue weighted by molar-refractivity contribution is 5.74. The molecule has 2 unspecified atom stereocenters. The predicted octanol–water partition coefficient (Wildman–Crippen LogP) is 2.76. The molecule has 0 aliphatic carbocycles. The minimum absolute atomic E-state index is 0.206. The van der Waals surface area contributed by atoms with Crippen molar-refractivity contribution in [1.82, 2.24) is 15.1 Å². The monoisotopic (exact) mass is 311 g/mol. The van der Waals surface area contributed by atoms with Crippen LogP contribution in [-0.4, -0.2) is 49.1 Å². The number of benzene rings is 1. The van der Waals surface area contributed by atoms with Gasteiger partial charge in [0.2, 0.25) is 0 Å². The lowest BCUT2D eigenvalue weighted by Crippen LogP contribution is -2.51. The number of likely N-dealkylation sites (tertiary alicyclic amines) is 1. The van der Waals surface area contributed by atoms with Gasteiger partial charge in [-0.15, -0.1) is 0 Å². The number of amides is 2. The van der Waals surface area contributed by atoms with Gasteiger partial charge in [0.1, 0.15) is 11.6 Å². The van der Waals surface area contributed by atoms with E-state index in [9.17, 15) is 13.6 Å².